The standard InChI is InChI=1S/C26H16Cl4N4O2/c27-19-9-6-15(12-21(19)29)25(35)31-18-8-11-23(34-33-17-4-2-1-3-5-17)24(14-18)32-26(36)16-7-10-20(28)22(30)13-16/h1-14H,(H,31,35)(H,32,36). The quantitative estimate of drug-likeness (QED) is 0.231. The number of benzene rings is 4. The van der Waals surface area contributed by atoms with Crippen LogP contribution in [0.2, 0.25) is 20.1 Å². The Morgan fingerprint density at radius 3 is 1.75 bits per heavy atom. The summed E-state index contributed by atoms with van der Waals surface area (Å²) in [5, 5.41) is 15.2. The van der Waals surface area contributed by atoms with Crippen LogP contribution in [0.5, 0.6) is 0 Å². The highest BCUT2D eigenvalue weighted by Crippen LogP contribution is 2.32. The SMILES string of the molecule is O=C(Nc1ccc(N=Nc2ccccc2)c(NC(=O)c2ccc(Cl)c(Cl)c2)c1)c1ccc(Cl)c(Cl)c1. The maximum Gasteiger partial charge on any atom is 0.255 e. The summed E-state index contributed by atoms with van der Waals surface area (Å²) in [6, 6.07) is 23.1. The summed E-state index contributed by atoms with van der Waals surface area (Å²) in [4.78, 5) is 25.7. The second-order valence-corrected chi connectivity index (χ2v) is 9.06. The number of hydrogen-bond donors (Lipinski definition) is 2. The molecule has 2 N–H and O–H groups in total. The first kappa shape index (κ1) is 25.7. The molecule has 0 fully saturated rings. The van der Waals surface area contributed by atoms with E-state index in [9.17, 15) is 9.59 Å². The molecule has 10 heteroatoms. The lowest BCUT2D eigenvalue weighted by atomic mass is 10.1. The predicted octanol–water partition coefficient (Wildman–Crippen LogP) is 9.22. The van der Waals surface area contributed by atoms with E-state index < -0.39 is 11.8 Å². The molecular formula is C26H16Cl4N4O2. The van der Waals surface area contributed by atoms with Gasteiger partial charge in [-0.3, -0.25) is 9.59 Å². The highest BCUT2D eigenvalue weighted by atomic mass is 35.5. The van der Waals surface area contributed by atoms with Crippen molar-refractivity contribution in [1.29, 1.82) is 0 Å². The monoisotopic (exact) mass is 556 g/mol. The van der Waals surface area contributed by atoms with Crippen molar-refractivity contribution in [2.24, 2.45) is 10.2 Å². The smallest absolute Gasteiger partial charge is 0.255 e. The molecule has 0 bridgehead atoms. The van der Waals surface area contributed by atoms with Crippen LogP contribution in [0.15, 0.2) is 95.2 Å². The normalized spacial score (nSPS) is 10.9. The first-order valence-corrected chi connectivity index (χ1v) is 11.9. The van der Waals surface area contributed by atoms with Gasteiger partial charge in [0.05, 0.1) is 31.5 Å². The number of amides is 2. The molecule has 0 aliphatic rings. The molecule has 36 heavy (non-hydrogen) atoms. The van der Waals surface area contributed by atoms with E-state index in [2.05, 4.69) is 20.9 Å². The van der Waals surface area contributed by atoms with Crippen molar-refractivity contribution in [2.45, 2.75) is 0 Å². The van der Waals surface area contributed by atoms with E-state index in [1.54, 1.807) is 42.5 Å². The molecule has 0 aromatic heterocycles. The fourth-order valence-electron chi connectivity index (χ4n) is 3.08. The summed E-state index contributed by atoms with van der Waals surface area (Å²) in [7, 11) is 0. The highest BCUT2D eigenvalue weighted by molar-refractivity contribution is 6.42. The van der Waals surface area contributed by atoms with Crippen LogP contribution >= 0.6 is 46.4 Å². The molecular weight excluding hydrogens is 542 g/mol. The Labute approximate surface area is 226 Å². The van der Waals surface area contributed by atoms with Crippen LogP contribution in [0.1, 0.15) is 20.7 Å². The van der Waals surface area contributed by atoms with Crippen LogP contribution in [-0.2, 0) is 0 Å². The first-order valence-electron chi connectivity index (χ1n) is 10.4. The molecule has 0 heterocycles. The van der Waals surface area contributed by atoms with Crippen LogP contribution in [0, 0.1) is 0 Å². The molecule has 0 aliphatic heterocycles. The van der Waals surface area contributed by atoms with E-state index >= 15 is 0 Å². The molecule has 0 saturated carbocycles. The van der Waals surface area contributed by atoms with Crippen LogP contribution in [0.3, 0.4) is 0 Å². The van der Waals surface area contributed by atoms with E-state index in [1.807, 2.05) is 18.2 Å². The molecule has 0 aliphatic carbocycles. The lowest BCUT2D eigenvalue weighted by Crippen LogP contribution is -2.14. The zero-order valence-corrected chi connectivity index (χ0v) is 21.3. The number of nitrogens with zero attached hydrogens (tertiary/aromatic N) is 2. The molecule has 0 spiro atoms. The number of anilines is 2. The summed E-state index contributed by atoms with van der Waals surface area (Å²) in [5.74, 6) is -0.855. The Balaban J connectivity index is 1.64. The van der Waals surface area contributed by atoms with Crippen LogP contribution in [0.25, 0.3) is 0 Å². The molecule has 0 unspecified atom stereocenters. The van der Waals surface area contributed by atoms with Gasteiger partial charge in [0.15, 0.2) is 0 Å². The molecule has 0 radical (unpaired) electrons. The van der Waals surface area contributed by atoms with Crippen LogP contribution < -0.4 is 10.6 Å². The maximum absolute atomic E-state index is 12.9. The van der Waals surface area contributed by atoms with Gasteiger partial charge in [-0.15, -0.1) is 5.11 Å². The largest absolute Gasteiger partial charge is 0.322 e. The van der Waals surface area contributed by atoms with E-state index in [1.165, 1.54) is 24.3 Å². The summed E-state index contributed by atoms with van der Waals surface area (Å²) in [6.45, 7) is 0. The summed E-state index contributed by atoms with van der Waals surface area (Å²) in [5.41, 5.74) is 2.35. The lowest BCUT2D eigenvalue weighted by Gasteiger charge is -2.12. The average Bonchev–Trinajstić information content (AvgIpc) is 2.87. The Hall–Kier alpha value is -3.42. The fraction of sp³-hybridized carbons (Fsp3) is 0. The summed E-state index contributed by atoms with van der Waals surface area (Å²) in [6.07, 6.45) is 0. The number of halogens is 4. The van der Waals surface area contributed by atoms with Gasteiger partial charge in [-0.05, 0) is 66.7 Å². The van der Waals surface area contributed by atoms with Crippen LogP contribution in [-0.4, -0.2) is 11.8 Å². The maximum atomic E-state index is 12.9. The van der Waals surface area contributed by atoms with Gasteiger partial charge < -0.3 is 10.6 Å². The molecule has 4 aromatic carbocycles. The summed E-state index contributed by atoms with van der Waals surface area (Å²) >= 11 is 24.0. The third-order valence-corrected chi connectivity index (χ3v) is 6.37. The first-order chi connectivity index (χ1) is 17.3. The van der Waals surface area contributed by atoms with Crippen molar-refractivity contribution < 1.29 is 9.59 Å². The number of nitrogens with one attached hydrogen (secondary N) is 2. The zero-order valence-electron chi connectivity index (χ0n) is 18.3. The number of rotatable bonds is 6. The van der Waals surface area contributed by atoms with Crippen molar-refractivity contribution in [3.8, 4) is 0 Å². The van der Waals surface area contributed by atoms with Gasteiger partial charge >= 0.3 is 0 Å². The van der Waals surface area contributed by atoms with Crippen molar-refractivity contribution in [3.63, 3.8) is 0 Å². The highest BCUT2D eigenvalue weighted by Gasteiger charge is 2.14. The van der Waals surface area contributed by atoms with Crippen LogP contribution in [0.4, 0.5) is 22.7 Å². The van der Waals surface area contributed by atoms with Gasteiger partial charge in [-0.1, -0.05) is 64.6 Å². The summed E-state index contributed by atoms with van der Waals surface area (Å²) < 4.78 is 0. The Morgan fingerprint density at radius 2 is 1.17 bits per heavy atom. The topological polar surface area (TPSA) is 82.9 Å². The molecule has 4 rings (SSSR count). The Bertz CT molecular complexity index is 1480. The Kier molecular flexibility index (Phi) is 8.23. The van der Waals surface area contributed by atoms with Crippen molar-refractivity contribution >= 4 is 81.0 Å². The molecule has 0 atom stereocenters. The minimum absolute atomic E-state index is 0.246. The van der Waals surface area contributed by atoms with E-state index in [4.69, 9.17) is 46.4 Å². The lowest BCUT2D eigenvalue weighted by molar-refractivity contribution is 0.101. The fourth-order valence-corrected chi connectivity index (χ4v) is 3.68. The zero-order chi connectivity index (χ0) is 25.7. The van der Waals surface area contributed by atoms with Gasteiger partial charge in [-0.2, -0.15) is 5.11 Å². The third-order valence-electron chi connectivity index (χ3n) is 4.90. The van der Waals surface area contributed by atoms with E-state index in [0.29, 0.717) is 43.9 Å². The number of carbonyl (C=O) groups excluding carboxylic acids is 2. The van der Waals surface area contributed by atoms with Crippen molar-refractivity contribution in [2.75, 3.05) is 10.6 Å². The average molecular weight is 558 g/mol. The van der Waals surface area contributed by atoms with E-state index in [0.717, 1.165) is 0 Å². The molecule has 0 saturated heterocycles. The van der Waals surface area contributed by atoms with Crippen molar-refractivity contribution in [3.05, 3.63) is 116 Å². The minimum atomic E-state index is -0.447. The molecule has 180 valence electrons. The molecule has 6 nitrogen and oxygen atoms in total. The van der Waals surface area contributed by atoms with Gasteiger partial charge in [0.2, 0.25) is 0 Å². The second kappa shape index (κ2) is 11.5. The Morgan fingerprint density at radius 1 is 0.583 bits per heavy atom. The second-order valence-electron chi connectivity index (χ2n) is 7.43. The predicted molar refractivity (Wildman–Crippen MR) is 146 cm³/mol. The van der Waals surface area contributed by atoms with Gasteiger partial charge in [0, 0.05) is 16.8 Å². The number of azo groups is 1. The van der Waals surface area contributed by atoms with Gasteiger partial charge in [-0.25, -0.2) is 0 Å². The number of hydrogen-bond acceptors (Lipinski definition) is 4. The number of carbonyl (C=O) groups is 2. The van der Waals surface area contributed by atoms with E-state index in [-0.39, 0.29) is 10.0 Å². The van der Waals surface area contributed by atoms with Gasteiger partial charge in [0.25, 0.3) is 11.8 Å². The van der Waals surface area contributed by atoms with Gasteiger partial charge in [0.1, 0.15) is 5.69 Å². The molecule has 4 aromatic rings. The minimum Gasteiger partial charge on any atom is -0.322 e. The molecule has 2 amide bonds. The van der Waals surface area contributed by atoms with Crippen molar-refractivity contribution in [1.82, 2.24) is 0 Å². The third kappa shape index (κ3) is 6.42.